The third-order valence-electron chi connectivity index (χ3n) is 3.91. The van der Waals surface area contributed by atoms with Gasteiger partial charge in [0, 0.05) is 11.3 Å². The Labute approximate surface area is 116 Å². The van der Waals surface area contributed by atoms with Crippen molar-refractivity contribution < 1.29 is 4.79 Å². The summed E-state index contributed by atoms with van der Waals surface area (Å²) < 4.78 is 0. The zero-order chi connectivity index (χ0) is 13.3. The van der Waals surface area contributed by atoms with E-state index in [1.165, 1.54) is 6.33 Å². The number of hydrogen-bond donors (Lipinski definition) is 3. The van der Waals surface area contributed by atoms with Crippen LogP contribution in [0.4, 0.5) is 0 Å². The van der Waals surface area contributed by atoms with Gasteiger partial charge in [-0.2, -0.15) is 5.10 Å². The maximum Gasteiger partial charge on any atom is 0.237 e. The molecule has 1 aromatic rings. The molecule has 2 unspecified atom stereocenters. The summed E-state index contributed by atoms with van der Waals surface area (Å²) in [7, 11) is 0. The van der Waals surface area contributed by atoms with E-state index < -0.39 is 5.54 Å². The van der Waals surface area contributed by atoms with E-state index in [1.807, 2.05) is 0 Å². The van der Waals surface area contributed by atoms with Crippen LogP contribution in [0.15, 0.2) is 11.5 Å². The number of hydrogen-bond acceptors (Lipinski definition) is 5. The normalized spacial score (nSPS) is 31.3. The van der Waals surface area contributed by atoms with Gasteiger partial charge in [0.05, 0.1) is 5.54 Å². The molecule has 1 heterocycles. The molecule has 1 amide bonds. The molecule has 2 aliphatic carbocycles. The fourth-order valence-electron chi connectivity index (χ4n) is 2.78. The first-order valence-corrected chi connectivity index (χ1v) is 7.65. The third-order valence-corrected chi connectivity index (χ3v) is 5.06. The van der Waals surface area contributed by atoms with Crippen LogP contribution in [0, 0.1) is 0 Å². The number of aromatic nitrogens is 3. The Morgan fingerprint density at radius 2 is 2.37 bits per heavy atom. The third kappa shape index (κ3) is 2.92. The maximum atomic E-state index is 11.9. The molecular weight excluding hydrogens is 262 g/mol. The summed E-state index contributed by atoms with van der Waals surface area (Å²) in [5.74, 6) is -0.206. The van der Waals surface area contributed by atoms with Gasteiger partial charge in [0.1, 0.15) is 6.33 Å². The number of carbonyl (C=O) groups excluding carboxylic acids is 1. The monoisotopic (exact) mass is 281 g/mol. The van der Waals surface area contributed by atoms with Gasteiger partial charge < -0.3 is 11.1 Å². The Bertz CT molecular complexity index is 447. The first-order valence-electron chi connectivity index (χ1n) is 6.78. The minimum atomic E-state index is -0.517. The van der Waals surface area contributed by atoms with E-state index in [9.17, 15) is 4.79 Å². The zero-order valence-electron chi connectivity index (χ0n) is 10.8. The molecule has 3 rings (SSSR count). The van der Waals surface area contributed by atoms with Crippen LogP contribution in [0.25, 0.3) is 0 Å². The number of amides is 1. The molecule has 19 heavy (non-hydrogen) atoms. The van der Waals surface area contributed by atoms with Gasteiger partial charge in [0.25, 0.3) is 0 Å². The molecule has 0 bridgehead atoms. The number of nitrogens with zero attached hydrogens (tertiary/aromatic N) is 2. The highest BCUT2D eigenvalue weighted by atomic mass is 32.2. The van der Waals surface area contributed by atoms with E-state index in [4.69, 9.17) is 5.73 Å². The average molecular weight is 281 g/mol. The predicted octanol–water partition coefficient (Wildman–Crippen LogP) is 0.815. The van der Waals surface area contributed by atoms with E-state index in [1.54, 1.807) is 11.8 Å². The lowest BCUT2D eigenvalue weighted by atomic mass is 9.80. The molecule has 2 fully saturated rings. The van der Waals surface area contributed by atoms with Crippen molar-refractivity contribution in [1.82, 2.24) is 20.5 Å². The van der Waals surface area contributed by atoms with Crippen LogP contribution in [-0.2, 0) is 4.79 Å². The predicted molar refractivity (Wildman–Crippen MR) is 72.6 cm³/mol. The summed E-state index contributed by atoms with van der Waals surface area (Å²) >= 11 is 1.66. The van der Waals surface area contributed by atoms with Crippen molar-refractivity contribution in [2.45, 2.75) is 60.5 Å². The van der Waals surface area contributed by atoms with Gasteiger partial charge in [-0.25, -0.2) is 4.98 Å². The number of nitrogens with two attached hydrogens (primary N) is 1. The lowest BCUT2D eigenvalue weighted by molar-refractivity contribution is -0.125. The van der Waals surface area contributed by atoms with Crippen LogP contribution in [0.5, 0.6) is 0 Å². The number of H-pyrrole nitrogens is 1. The summed E-state index contributed by atoms with van der Waals surface area (Å²) in [5.41, 5.74) is 5.15. The van der Waals surface area contributed by atoms with Crippen molar-refractivity contribution in [2.24, 2.45) is 5.73 Å². The SMILES string of the molecule is NC(=O)C1(NC2CC2)CCCC(Sc2ncn[nH]2)C1. The first kappa shape index (κ1) is 12.9. The van der Waals surface area contributed by atoms with E-state index in [0.717, 1.165) is 43.7 Å². The second-order valence-electron chi connectivity index (χ2n) is 5.49. The Kier molecular flexibility index (Phi) is 3.49. The van der Waals surface area contributed by atoms with Gasteiger partial charge in [0.2, 0.25) is 5.91 Å². The minimum absolute atomic E-state index is 0.206. The molecule has 2 atom stereocenters. The van der Waals surface area contributed by atoms with Gasteiger partial charge in [0.15, 0.2) is 5.16 Å². The van der Waals surface area contributed by atoms with Gasteiger partial charge in [-0.05, 0) is 38.5 Å². The van der Waals surface area contributed by atoms with Crippen molar-refractivity contribution >= 4 is 17.7 Å². The van der Waals surface area contributed by atoms with Gasteiger partial charge in [-0.1, -0.05) is 11.8 Å². The quantitative estimate of drug-likeness (QED) is 0.742. The summed E-state index contributed by atoms with van der Waals surface area (Å²) in [5, 5.41) is 11.4. The summed E-state index contributed by atoms with van der Waals surface area (Å²) in [4.78, 5) is 16.0. The van der Waals surface area contributed by atoms with Crippen LogP contribution in [0.2, 0.25) is 0 Å². The standard InChI is InChI=1S/C12H19N5OS/c13-10(18)12(16-8-3-4-8)5-1-2-9(6-12)19-11-14-7-15-17-11/h7-9,16H,1-6H2,(H2,13,18)(H,14,15,17). The fourth-order valence-corrected chi connectivity index (χ4v) is 3.96. The second kappa shape index (κ2) is 5.13. The van der Waals surface area contributed by atoms with Crippen molar-refractivity contribution in [3.8, 4) is 0 Å². The van der Waals surface area contributed by atoms with E-state index in [0.29, 0.717) is 11.3 Å². The van der Waals surface area contributed by atoms with Crippen molar-refractivity contribution in [2.75, 3.05) is 0 Å². The molecule has 7 heteroatoms. The number of aromatic amines is 1. The molecule has 2 aliphatic rings. The van der Waals surface area contributed by atoms with Crippen LogP contribution < -0.4 is 11.1 Å². The number of thioether (sulfide) groups is 1. The van der Waals surface area contributed by atoms with Gasteiger partial charge in [-0.15, -0.1) is 0 Å². The van der Waals surface area contributed by atoms with Crippen LogP contribution in [0.3, 0.4) is 0 Å². The number of carbonyl (C=O) groups is 1. The average Bonchev–Trinajstić information content (AvgIpc) is 3.03. The highest BCUT2D eigenvalue weighted by Crippen LogP contribution is 2.38. The second-order valence-corrected chi connectivity index (χ2v) is 6.78. The van der Waals surface area contributed by atoms with E-state index in [2.05, 4.69) is 20.5 Å². The smallest absolute Gasteiger partial charge is 0.237 e. The molecule has 0 spiro atoms. The van der Waals surface area contributed by atoms with Gasteiger partial charge >= 0.3 is 0 Å². The summed E-state index contributed by atoms with van der Waals surface area (Å²) in [6.45, 7) is 0. The molecule has 0 radical (unpaired) electrons. The van der Waals surface area contributed by atoms with Crippen LogP contribution >= 0.6 is 11.8 Å². The minimum Gasteiger partial charge on any atom is -0.368 e. The summed E-state index contributed by atoms with van der Waals surface area (Å²) in [6.07, 6.45) is 7.58. The molecule has 0 saturated heterocycles. The molecule has 0 aromatic carbocycles. The maximum absolute atomic E-state index is 11.9. The lowest BCUT2D eigenvalue weighted by Crippen LogP contribution is -2.59. The fraction of sp³-hybridized carbons (Fsp3) is 0.750. The molecule has 2 saturated carbocycles. The zero-order valence-corrected chi connectivity index (χ0v) is 11.6. The highest BCUT2D eigenvalue weighted by Gasteiger charge is 2.44. The van der Waals surface area contributed by atoms with Crippen molar-refractivity contribution in [3.05, 3.63) is 6.33 Å². The molecular formula is C12H19N5OS. The highest BCUT2D eigenvalue weighted by molar-refractivity contribution is 7.99. The number of primary amides is 1. The van der Waals surface area contributed by atoms with Gasteiger partial charge in [-0.3, -0.25) is 9.89 Å². The molecule has 0 aliphatic heterocycles. The number of nitrogens with one attached hydrogen (secondary N) is 2. The van der Waals surface area contributed by atoms with E-state index in [-0.39, 0.29) is 5.91 Å². The Balaban J connectivity index is 1.68. The first-order chi connectivity index (χ1) is 9.18. The largest absolute Gasteiger partial charge is 0.368 e. The van der Waals surface area contributed by atoms with E-state index >= 15 is 0 Å². The number of rotatable bonds is 5. The van der Waals surface area contributed by atoms with Crippen molar-refractivity contribution in [3.63, 3.8) is 0 Å². The molecule has 104 valence electrons. The lowest BCUT2D eigenvalue weighted by Gasteiger charge is -2.39. The molecule has 1 aromatic heterocycles. The molecule has 6 nitrogen and oxygen atoms in total. The molecule has 4 N–H and O–H groups in total. The Morgan fingerprint density at radius 3 is 3.00 bits per heavy atom. The van der Waals surface area contributed by atoms with Crippen LogP contribution in [-0.4, -0.2) is 37.9 Å². The van der Waals surface area contributed by atoms with Crippen LogP contribution in [0.1, 0.15) is 38.5 Å². The Hall–Kier alpha value is -1.08. The summed E-state index contributed by atoms with van der Waals surface area (Å²) in [6, 6.07) is 0.488. The Morgan fingerprint density at radius 1 is 1.53 bits per heavy atom. The topological polar surface area (TPSA) is 96.7 Å². The van der Waals surface area contributed by atoms with Crippen molar-refractivity contribution in [1.29, 1.82) is 0 Å².